The average Bonchev–Trinajstić information content (AvgIpc) is 3.96. The van der Waals surface area contributed by atoms with Crippen LogP contribution >= 0.6 is 11.3 Å². The molecule has 0 radical (unpaired) electrons. The maximum Gasteiger partial charge on any atom is 0.159 e. The summed E-state index contributed by atoms with van der Waals surface area (Å²) in [5.41, 5.74) is 10.9. The van der Waals surface area contributed by atoms with E-state index < -0.39 is 0 Å². The molecule has 11 aromatic rings. The van der Waals surface area contributed by atoms with Gasteiger partial charge in [0.05, 0.1) is 16.7 Å². The van der Waals surface area contributed by atoms with E-state index in [1.807, 2.05) is 17.4 Å². The van der Waals surface area contributed by atoms with Crippen LogP contribution in [0.5, 0.6) is 0 Å². The van der Waals surface area contributed by atoms with Crippen molar-refractivity contribution in [3.63, 3.8) is 0 Å². The molecule has 0 aliphatic carbocycles. The first-order valence-corrected chi connectivity index (χ1v) is 20.2. The van der Waals surface area contributed by atoms with E-state index in [9.17, 15) is 0 Å². The molecular formula is C51H34N4OS. The van der Waals surface area contributed by atoms with E-state index >= 15 is 0 Å². The van der Waals surface area contributed by atoms with E-state index in [4.69, 9.17) is 9.41 Å². The highest BCUT2D eigenvalue weighted by molar-refractivity contribution is 7.26. The number of fused-ring (bicyclic) bond motifs is 9. The van der Waals surface area contributed by atoms with Crippen molar-refractivity contribution in [1.29, 1.82) is 0 Å². The lowest BCUT2D eigenvalue weighted by Gasteiger charge is -2.32. The Kier molecular flexibility index (Phi) is 7.24. The van der Waals surface area contributed by atoms with Crippen LogP contribution in [0, 0.1) is 0 Å². The average molecular weight is 751 g/mol. The summed E-state index contributed by atoms with van der Waals surface area (Å²) in [5.74, 6) is 0.877. The molecule has 6 heteroatoms. The van der Waals surface area contributed by atoms with Gasteiger partial charge in [-0.1, -0.05) is 140 Å². The number of benzene rings is 8. The van der Waals surface area contributed by atoms with Crippen molar-refractivity contribution in [3.05, 3.63) is 199 Å². The molecule has 5 nitrogen and oxygen atoms in total. The SMILES string of the molecule is c1ccc(C2=NC(c3cccc4sc5cccc(-c6ccc7oc8c(-n9c%10ccccc%10c%10ccccc%109)cccc8c7c6)c5c34)NC(c3ccccc3)N2)cc1. The van der Waals surface area contributed by atoms with Crippen LogP contribution in [-0.4, -0.2) is 10.4 Å². The van der Waals surface area contributed by atoms with Crippen molar-refractivity contribution in [3.8, 4) is 16.8 Å². The number of rotatable bonds is 5. The Hall–Kier alpha value is -6.99. The van der Waals surface area contributed by atoms with Crippen LogP contribution in [0.25, 0.3) is 80.7 Å². The number of amidine groups is 1. The third-order valence-corrected chi connectivity index (χ3v) is 12.6. The standard InChI is InChI=1S/C51H34N4OS/c1-3-14-31(15-4-1)49-52-50(32-16-5-2-6-17-32)54-51(53-49)38-22-13-27-45-47(38)46-34(20-12-26-44(46)57-45)33-28-29-43-39(30-33)37-21-11-25-42(48(37)56-43)55-40-23-9-7-18-35(40)36-19-8-10-24-41(36)55/h1-30,49,51,53H,(H,52,54). The maximum atomic E-state index is 6.78. The van der Waals surface area contributed by atoms with E-state index in [2.05, 4.69) is 191 Å². The van der Waals surface area contributed by atoms with Crippen LogP contribution < -0.4 is 10.6 Å². The van der Waals surface area contributed by atoms with Crippen LogP contribution in [0.4, 0.5) is 0 Å². The molecule has 270 valence electrons. The highest BCUT2D eigenvalue weighted by Gasteiger charge is 2.28. The Labute approximate surface area is 332 Å². The van der Waals surface area contributed by atoms with Gasteiger partial charge in [-0.25, -0.2) is 4.99 Å². The van der Waals surface area contributed by atoms with E-state index in [0.29, 0.717) is 0 Å². The third-order valence-electron chi connectivity index (χ3n) is 11.5. The Morgan fingerprint density at radius 1 is 0.544 bits per heavy atom. The van der Waals surface area contributed by atoms with Crippen LogP contribution in [-0.2, 0) is 0 Å². The molecule has 0 bridgehead atoms. The summed E-state index contributed by atoms with van der Waals surface area (Å²) in [6.45, 7) is 0. The number of aliphatic imine (C=N–C) groups is 1. The van der Waals surface area contributed by atoms with Gasteiger partial charge in [0.1, 0.15) is 23.8 Å². The highest BCUT2D eigenvalue weighted by atomic mass is 32.1. The van der Waals surface area contributed by atoms with Crippen LogP contribution in [0.15, 0.2) is 191 Å². The topological polar surface area (TPSA) is 54.5 Å². The van der Waals surface area contributed by atoms with Crippen molar-refractivity contribution < 1.29 is 4.42 Å². The van der Waals surface area contributed by atoms with Crippen molar-refractivity contribution in [2.45, 2.75) is 12.3 Å². The molecule has 0 amide bonds. The number of nitrogens with zero attached hydrogens (tertiary/aromatic N) is 2. The van der Waals surface area contributed by atoms with Gasteiger partial charge >= 0.3 is 0 Å². The van der Waals surface area contributed by atoms with Crippen molar-refractivity contribution >= 4 is 81.1 Å². The Balaban J connectivity index is 1.03. The summed E-state index contributed by atoms with van der Waals surface area (Å²) in [6, 6.07) is 64.8. The summed E-state index contributed by atoms with van der Waals surface area (Å²) in [6.07, 6.45) is -0.395. The summed E-state index contributed by atoms with van der Waals surface area (Å²) in [5, 5.41) is 14.7. The molecule has 0 spiro atoms. The molecule has 12 rings (SSSR count). The molecule has 0 saturated heterocycles. The van der Waals surface area contributed by atoms with Gasteiger partial charge in [0, 0.05) is 52.8 Å². The Bertz CT molecular complexity index is 3320. The fourth-order valence-electron chi connectivity index (χ4n) is 8.95. The first-order valence-electron chi connectivity index (χ1n) is 19.4. The summed E-state index contributed by atoms with van der Waals surface area (Å²) >= 11 is 1.84. The molecule has 4 heterocycles. The molecule has 57 heavy (non-hydrogen) atoms. The maximum absolute atomic E-state index is 6.78. The fraction of sp³-hybridized carbons (Fsp3) is 0.0392. The third kappa shape index (κ3) is 5.08. The van der Waals surface area contributed by atoms with Crippen molar-refractivity contribution in [2.24, 2.45) is 4.99 Å². The normalized spacial score (nSPS) is 15.9. The van der Waals surface area contributed by atoms with Crippen molar-refractivity contribution in [2.75, 3.05) is 0 Å². The molecule has 0 saturated carbocycles. The van der Waals surface area contributed by atoms with Gasteiger partial charge in [-0.3, -0.25) is 5.32 Å². The second-order valence-electron chi connectivity index (χ2n) is 14.7. The van der Waals surface area contributed by atoms with Gasteiger partial charge in [0.25, 0.3) is 0 Å². The zero-order valence-electron chi connectivity index (χ0n) is 30.7. The molecule has 1 aliphatic rings. The van der Waals surface area contributed by atoms with Gasteiger partial charge in [-0.2, -0.15) is 0 Å². The predicted octanol–water partition coefficient (Wildman–Crippen LogP) is 13.1. The van der Waals surface area contributed by atoms with Crippen LogP contribution in [0.3, 0.4) is 0 Å². The van der Waals surface area contributed by atoms with Gasteiger partial charge < -0.3 is 14.3 Å². The lowest BCUT2D eigenvalue weighted by Crippen LogP contribution is -2.44. The molecule has 2 N–H and O–H groups in total. The van der Waals surface area contributed by atoms with E-state index in [0.717, 1.165) is 66.7 Å². The lowest BCUT2D eigenvalue weighted by atomic mass is 9.95. The molecule has 3 aromatic heterocycles. The number of aromatic nitrogens is 1. The minimum absolute atomic E-state index is 0.118. The predicted molar refractivity (Wildman–Crippen MR) is 238 cm³/mol. The molecule has 0 fully saturated rings. The molecule has 8 aromatic carbocycles. The number of hydrogen-bond acceptors (Lipinski definition) is 5. The van der Waals surface area contributed by atoms with E-state index in [1.54, 1.807) is 0 Å². The zero-order valence-corrected chi connectivity index (χ0v) is 31.5. The zero-order chi connectivity index (χ0) is 37.5. The molecule has 2 atom stereocenters. The molecule has 1 aliphatic heterocycles. The first kappa shape index (κ1) is 32.3. The quantitative estimate of drug-likeness (QED) is 0.184. The van der Waals surface area contributed by atoms with E-state index in [1.165, 1.54) is 36.5 Å². The van der Waals surface area contributed by atoms with Crippen LogP contribution in [0.1, 0.15) is 29.0 Å². The van der Waals surface area contributed by atoms with Gasteiger partial charge in [0.15, 0.2) is 5.58 Å². The Morgan fingerprint density at radius 2 is 1.21 bits per heavy atom. The molecular weight excluding hydrogens is 717 g/mol. The number of nitrogens with one attached hydrogen (secondary N) is 2. The Morgan fingerprint density at radius 3 is 2.00 bits per heavy atom. The second kappa shape index (κ2) is 12.8. The van der Waals surface area contributed by atoms with Crippen LogP contribution in [0.2, 0.25) is 0 Å². The minimum Gasteiger partial charge on any atom is -0.454 e. The van der Waals surface area contributed by atoms with Crippen molar-refractivity contribution in [1.82, 2.24) is 15.2 Å². The monoisotopic (exact) mass is 750 g/mol. The number of thiophene rings is 1. The van der Waals surface area contributed by atoms with E-state index in [-0.39, 0.29) is 12.3 Å². The van der Waals surface area contributed by atoms with Gasteiger partial charge in [-0.15, -0.1) is 11.3 Å². The van der Waals surface area contributed by atoms with Gasteiger partial charge in [-0.05, 0) is 59.2 Å². The smallest absolute Gasteiger partial charge is 0.159 e. The number of para-hydroxylation sites is 3. The summed E-state index contributed by atoms with van der Waals surface area (Å²) in [7, 11) is 0. The number of furan rings is 1. The largest absolute Gasteiger partial charge is 0.454 e. The highest BCUT2D eigenvalue weighted by Crippen LogP contribution is 2.45. The minimum atomic E-state index is -0.277. The van der Waals surface area contributed by atoms with Gasteiger partial charge in [0.2, 0.25) is 0 Å². The number of hydrogen-bond donors (Lipinski definition) is 2. The fourth-order valence-corrected chi connectivity index (χ4v) is 10.1. The first-order chi connectivity index (χ1) is 28.3. The lowest BCUT2D eigenvalue weighted by molar-refractivity contribution is 0.410. The summed E-state index contributed by atoms with van der Waals surface area (Å²) < 4.78 is 11.6. The molecule has 2 unspecified atom stereocenters. The second-order valence-corrected chi connectivity index (χ2v) is 15.8. The summed E-state index contributed by atoms with van der Waals surface area (Å²) in [4.78, 5) is 5.36.